The summed E-state index contributed by atoms with van der Waals surface area (Å²) in [6, 6.07) is 7.50. The van der Waals surface area contributed by atoms with Gasteiger partial charge in [0.25, 0.3) is 0 Å². The van der Waals surface area contributed by atoms with Crippen molar-refractivity contribution in [3.05, 3.63) is 76.0 Å². The summed E-state index contributed by atoms with van der Waals surface area (Å²) in [4.78, 5) is 48.6. The Kier molecular flexibility index (Phi) is 9.41. The van der Waals surface area contributed by atoms with E-state index >= 15 is 0 Å². The first-order valence-electron chi connectivity index (χ1n) is 15.6. The van der Waals surface area contributed by atoms with Gasteiger partial charge < -0.3 is 23.8 Å². The Bertz CT molecular complexity index is 1720. The van der Waals surface area contributed by atoms with Crippen LogP contribution in [0.5, 0.6) is 11.5 Å². The number of aryl methyl sites for hydroxylation is 1. The van der Waals surface area contributed by atoms with Crippen molar-refractivity contribution in [1.82, 2.24) is 34.3 Å². The predicted octanol–water partition coefficient (Wildman–Crippen LogP) is 5.30. The first kappa shape index (κ1) is 32.4. The Morgan fingerprint density at radius 1 is 1.13 bits per heavy atom. The van der Waals surface area contributed by atoms with Gasteiger partial charge in [-0.25, -0.2) is 29.5 Å². The summed E-state index contributed by atoms with van der Waals surface area (Å²) < 4.78 is 23.9. The molecule has 0 radical (unpaired) electrons. The Balaban J connectivity index is 1.29. The summed E-state index contributed by atoms with van der Waals surface area (Å²) in [6.07, 6.45) is 5.56. The van der Waals surface area contributed by atoms with Crippen LogP contribution < -0.4 is 9.47 Å². The van der Waals surface area contributed by atoms with Gasteiger partial charge in [-0.15, -0.1) is 11.3 Å². The Morgan fingerprint density at radius 3 is 2.72 bits per heavy atom. The van der Waals surface area contributed by atoms with Gasteiger partial charge in [0.2, 0.25) is 12.7 Å². The van der Waals surface area contributed by atoms with Gasteiger partial charge in [0.15, 0.2) is 17.2 Å². The average Bonchev–Trinajstić information content (AvgIpc) is 3.84. The maximum absolute atomic E-state index is 13.5. The molecule has 3 aromatic heterocycles. The van der Waals surface area contributed by atoms with E-state index in [0.717, 1.165) is 34.9 Å². The third-order valence-corrected chi connectivity index (χ3v) is 8.82. The molecule has 2 atom stereocenters. The molecule has 47 heavy (non-hydrogen) atoms. The fraction of sp³-hybridized carbons (Fsp3) is 0.455. The lowest BCUT2D eigenvalue weighted by molar-refractivity contribution is 0.0210. The number of hydrogen-bond donors (Lipinski definition) is 0. The molecule has 2 aliphatic heterocycles. The minimum atomic E-state index is -0.658. The second kappa shape index (κ2) is 13.7. The van der Waals surface area contributed by atoms with Gasteiger partial charge in [0.1, 0.15) is 11.9 Å². The number of hydrogen-bond acceptors (Lipinski definition) is 12. The molecule has 0 N–H and O–H groups in total. The smallest absolute Gasteiger partial charge is 0.410 e. The highest BCUT2D eigenvalue weighted by Gasteiger charge is 2.40. The summed E-state index contributed by atoms with van der Waals surface area (Å²) in [7, 11) is 0. The van der Waals surface area contributed by atoms with Crippen LogP contribution in [0.3, 0.4) is 0 Å². The molecule has 0 bridgehead atoms. The zero-order chi connectivity index (χ0) is 33.1. The van der Waals surface area contributed by atoms with Crippen molar-refractivity contribution >= 4 is 23.4 Å². The van der Waals surface area contributed by atoms with Crippen LogP contribution in [0.25, 0.3) is 5.95 Å². The molecule has 1 amide bonds. The Morgan fingerprint density at radius 2 is 1.96 bits per heavy atom. The summed E-state index contributed by atoms with van der Waals surface area (Å²) in [5.41, 5.74) is 2.20. The monoisotopic (exact) mass is 661 g/mol. The third kappa shape index (κ3) is 7.54. The number of imidazole rings is 1. The van der Waals surface area contributed by atoms with Crippen molar-refractivity contribution in [2.24, 2.45) is 0 Å². The fourth-order valence-electron chi connectivity index (χ4n) is 5.81. The molecular formula is C33H39N7O6S. The molecule has 1 fully saturated rings. The van der Waals surface area contributed by atoms with E-state index in [0.29, 0.717) is 42.8 Å². The molecular weight excluding hydrogens is 622 g/mol. The van der Waals surface area contributed by atoms with Crippen molar-refractivity contribution < 1.29 is 28.5 Å². The molecule has 0 spiro atoms. The van der Waals surface area contributed by atoms with Crippen LogP contribution in [-0.2, 0) is 16.0 Å². The summed E-state index contributed by atoms with van der Waals surface area (Å²) in [5, 5.41) is 2.59. The van der Waals surface area contributed by atoms with Crippen molar-refractivity contribution in [3.63, 3.8) is 0 Å². The minimum absolute atomic E-state index is 0.0445. The average molecular weight is 662 g/mol. The lowest BCUT2D eigenvalue weighted by atomic mass is 9.97. The molecule has 0 unspecified atom stereocenters. The van der Waals surface area contributed by atoms with E-state index in [9.17, 15) is 9.59 Å². The number of likely N-dealkylation sites (tertiary alicyclic amines) is 1. The van der Waals surface area contributed by atoms with Crippen LogP contribution in [0, 0.1) is 6.92 Å². The van der Waals surface area contributed by atoms with E-state index < -0.39 is 17.7 Å². The fourth-order valence-corrected chi connectivity index (χ4v) is 6.76. The largest absolute Gasteiger partial charge is 0.461 e. The van der Waals surface area contributed by atoms with E-state index in [4.69, 9.17) is 28.9 Å². The number of nitrogens with zero attached hydrogens (tertiary/aromatic N) is 7. The lowest BCUT2D eigenvalue weighted by Gasteiger charge is -2.31. The van der Waals surface area contributed by atoms with Crippen molar-refractivity contribution in [1.29, 1.82) is 0 Å². The summed E-state index contributed by atoms with van der Waals surface area (Å²) >= 11 is 1.45. The number of amides is 1. The summed E-state index contributed by atoms with van der Waals surface area (Å²) in [5.74, 6) is 1.39. The number of thiazole rings is 1. The quantitative estimate of drug-likeness (QED) is 0.205. The normalized spacial score (nSPS) is 17.6. The van der Waals surface area contributed by atoms with Gasteiger partial charge in [0, 0.05) is 49.0 Å². The maximum atomic E-state index is 13.5. The van der Waals surface area contributed by atoms with Gasteiger partial charge in [-0.3, -0.25) is 9.47 Å². The van der Waals surface area contributed by atoms with Gasteiger partial charge in [-0.1, -0.05) is 6.07 Å². The third-order valence-electron chi connectivity index (χ3n) is 7.85. The zero-order valence-corrected chi connectivity index (χ0v) is 28.0. The molecule has 0 saturated carbocycles. The number of esters is 1. The van der Waals surface area contributed by atoms with Crippen LogP contribution in [-0.4, -0.2) is 85.0 Å². The maximum Gasteiger partial charge on any atom is 0.410 e. The molecule has 0 aliphatic carbocycles. The van der Waals surface area contributed by atoms with E-state index in [1.165, 1.54) is 11.3 Å². The van der Waals surface area contributed by atoms with E-state index in [-0.39, 0.29) is 25.4 Å². The highest BCUT2D eigenvalue weighted by molar-refractivity contribution is 7.09. The van der Waals surface area contributed by atoms with E-state index in [1.807, 2.05) is 58.2 Å². The SMILES string of the molecule is CCOC(=O)c1csc([C@@H]2CCN(CCN(Cc3ccc4c(c3)OCO4)C(=O)OC(C)(C)C)[C@@H]2c2cc(C)nc(-n3ccnc3)n2)n1. The number of carbonyl (C=O) groups excluding carboxylic acids is 2. The van der Waals surface area contributed by atoms with Crippen LogP contribution in [0.1, 0.15) is 78.5 Å². The lowest BCUT2D eigenvalue weighted by Crippen LogP contribution is -2.41. The predicted molar refractivity (Wildman–Crippen MR) is 173 cm³/mol. The molecule has 6 rings (SSSR count). The van der Waals surface area contributed by atoms with Gasteiger partial charge >= 0.3 is 12.1 Å². The highest BCUT2D eigenvalue weighted by Crippen LogP contribution is 2.44. The first-order valence-corrected chi connectivity index (χ1v) is 16.5. The number of fused-ring (bicyclic) bond motifs is 1. The second-order valence-electron chi connectivity index (χ2n) is 12.5. The van der Waals surface area contributed by atoms with Crippen molar-refractivity contribution in [2.75, 3.05) is 33.0 Å². The number of benzene rings is 1. The summed E-state index contributed by atoms with van der Waals surface area (Å²) in [6.45, 7) is 11.8. The Hall–Kier alpha value is -4.56. The standard InChI is InChI=1S/C33H39N7O6S/c1-6-43-30(41)25-18-47-29(36-25)23-9-11-38(28(23)24-15-21(2)35-31(37-24)40-12-10-34-19-40)13-14-39(32(42)46-33(3,4)5)17-22-7-8-26-27(16-22)45-20-44-26/h7-8,10,12,15-16,18-19,23,28H,6,9,11,13-14,17,20H2,1-5H3/t23-,28+/m1/s1. The van der Waals surface area contributed by atoms with Crippen LogP contribution in [0.4, 0.5) is 4.79 Å². The van der Waals surface area contributed by atoms with Gasteiger partial charge in [0.05, 0.1) is 23.4 Å². The van der Waals surface area contributed by atoms with E-state index in [1.54, 1.807) is 34.3 Å². The topological polar surface area (TPSA) is 134 Å². The minimum Gasteiger partial charge on any atom is -0.461 e. The number of ether oxygens (including phenoxy) is 4. The number of rotatable bonds is 10. The molecule has 14 heteroatoms. The highest BCUT2D eigenvalue weighted by atomic mass is 32.1. The Labute approximate surface area is 277 Å². The number of aromatic nitrogens is 5. The molecule has 1 aromatic carbocycles. The van der Waals surface area contributed by atoms with Crippen LogP contribution in [0.15, 0.2) is 48.4 Å². The van der Waals surface area contributed by atoms with Gasteiger partial charge in [-0.2, -0.15) is 0 Å². The number of carbonyl (C=O) groups is 2. The molecule has 5 heterocycles. The van der Waals surface area contributed by atoms with E-state index in [2.05, 4.69) is 14.9 Å². The molecule has 2 aliphatic rings. The van der Waals surface area contributed by atoms with Crippen LogP contribution >= 0.6 is 11.3 Å². The van der Waals surface area contributed by atoms with Gasteiger partial charge in [-0.05, 0) is 71.3 Å². The molecule has 248 valence electrons. The van der Waals surface area contributed by atoms with Crippen LogP contribution in [0.2, 0.25) is 0 Å². The zero-order valence-electron chi connectivity index (χ0n) is 27.2. The molecule has 13 nitrogen and oxygen atoms in total. The van der Waals surface area contributed by atoms with Crippen molar-refractivity contribution in [3.8, 4) is 17.4 Å². The molecule has 1 saturated heterocycles. The van der Waals surface area contributed by atoms with Crippen molar-refractivity contribution in [2.45, 2.75) is 65.1 Å². The molecule has 4 aromatic rings. The second-order valence-corrected chi connectivity index (χ2v) is 13.4. The first-order chi connectivity index (χ1) is 22.6.